The molecule has 0 aromatic heterocycles. The summed E-state index contributed by atoms with van der Waals surface area (Å²) in [5.41, 5.74) is 1.71. The van der Waals surface area contributed by atoms with Gasteiger partial charge in [-0.25, -0.2) is 4.90 Å². The lowest BCUT2D eigenvalue weighted by molar-refractivity contribution is -0.120. The Morgan fingerprint density at radius 2 is 1.64 bits per heavy atom. The van der Waals surface area contributed by atoms with Crippen LogP contribution in [0.25, 0.3) is 6.08 Å². The van der Waals surface area contributed by atoms with Crippen molar-refractivity contribution in [2.45, 2.75) is 6.42 Å². The Morgan fingerprint density at radius 1 is 0.955 bits per heavy atom. The molecule has 1 aliphatic rings. The molecule has 0 bridgehead atoms. The van der Waals surface area contributed by atoms with E-state index in [9.17, 15) is 9.59 Å². The van der Waals surface area contributed by atoms with Crippen molar-refractivity contribution in [2.75, 3.05) is 4.90 Å². The topological polar surface area (TPSA) is 37.4 Å². The molecule has 0 radical (unpaired) electrons. The largest absolute Gasteiger partial charge is 0.274 e. The Labute approximate surface area is 137 Å². The van der Waals surface area contributed by atoms with Crippen molar-refractivity contribution < 1.29 is 9.59 Å². The van der Waals surface area contributed by atoms with Crippen molar-refractivity contribution in [3.63, 3.8) is 0 Å². The number of amides is 2. The highest BCUT2D eigenvalue weighted by molar-refractivity contribution is 6.33. The number of anilines is 1. The van der Waals surface area contributed by atoms with E-state index in [1.54, 1.807) is 48.5 Å². The highest BCUT2D eigenvalue weighted by Gasteiger charge is 2.34. The van der Waals surface area contributed by atoms with Gasteiger partial charge in [0, 0.05) is 15.6 Å². The summed E-state index contributed by atoms with van der Waals surface area (Å²) in [4.78, 5) is 25.8. The van der Waals surface area contributed by atoms with Gasteiger partial charge in [-0.2, -0.15) is 0 Å². The summed E-state index contributed by atoms with van der Waals surface area (Å²) < 4.78 is 0. The minimum absolute atomic E-state index is 0.0673. The smallest absolute Gasteiger partial charge is 0.261 e. The van der Waals surface area contributed by atoms with E-state index >= 15 is 0 Å². The third-order valence-electron chi connectivity index (χ3n) is 3.32. The van der Waals surface area contributed by atoms with Crippen molar-refractivity contribution in [1.82, 2.24) is 0 Å². The second kappa shape index (κ2) is 5.95. The molecule has 1 aliphatic heterocycles. The van der Waals surface area contributed by atoms with Crippen LogP contribution in [-0.2, 0) is 9.59 Å². The summed E-state index contributed by atoms with van der Waals surface area (Å²) in [6, 6.07) is 13.8. The van der Waals surface area contributed by atoms with E-state index in [4.69, 9.17) is 23.2 Å². The van der Waals surface area contributed by atoms with Crippen LogP contribution in [0.5, 0.6) is 0 Å². The Kier molecular flexibility index (Phi) is 4.01. The molecule has 5 heteroatoms. The van der Waals surface area contributed by atoms with Crippen LogP contribution in [-0.4, -0.2) is 11.8 Å². The maximum atomic E-state index is 12.5. The van der Waals surface area contributed by atoms with Crippen LogP contribution < -0.4 is 4.90 Å². The molecule has 0 saturated carbocycles. The van der Waals surface area contributed by atoms with Gasteiger partial charge in [-0.15, -0.1) is 0 Å². The average Bonchev–Trinajstić information content (AvgIpc) is 2.73. The van der Waals surface area contributed by atoms with Crippen LogP contribution in [0.1, 0.15) is 12.0 Å². The average molecular weight is 332 g/mol. The molecule has 22 heavy (non-hydrogen) atoms. The van der Waals surface area contributed by atoms with E-state index in [0.29, 0.717) is 21.3 Å². The number of nitrogens with zero attached hydrogens (tertiary/aromatic N) is 1. The number of hydrogen-bond donors (Lipinski definition) is 0. The van der Waals surface area contributed by atoms with Gasteiger partial charge in [0.15, 0.2) is 0 Å². The number of rotatable bonds is 2. The molecule has 0 aliphatic carbocycles. The summed E-state index contributed by atoms with van der Waals surface area (Å²) in [7, 11) is 0. The van der Waals surface area contributed by atoms with Gasteiger partial charge in [-0.05, 0) is 42.0 Å². The van der Waals surface area contributed by atoms with Gasteiger partial charge >= 0.3 is 0 Å². The van der Waals surface area contributed by atoms with Crippen LogP contribution in [0.15, 0.2) is 54.1 Å². The molecule has 1 saturated heterocycles. The molecule has 3 nitrogen and oxygen atoms in total. The molecule has 2 amide bonds. The van der Waals surface area contributed by atoms with Crippen molar-refractivity contribution in [3.8, 4) is 0 Å². The second-order valence-corrected chi connectivity index (χ2v) is 5.79. The third kappa shape index (κ3) is 2.91. The number of carbonyl (C=O) groups is 2. The molecular formula is C17H11Cl2NO2. The number of halogens is 2. The van der Waals surface area contributed by atoms with E-state index in [1.807, 2.05) is 6.07 Å². The molecule has 0 spiro atoms. The normalized spacial score (nSPS) is 16.6. The van der Waals surface area contributed by atoms with Gasteiger partial charge < -0.3 is 0 Å². The van der Waals surface area contributed by atoms with Crippen molar-refractivity contribution in [1.29, 1.82) is 0 Å². The lowest BCUT2D eigenvalue weighted by atomic mass is 10.1. The van der Waals surface area contributed by atoms with Gasteiger partial charge in [-0.3, -0.25) is 9.59 Å². The molecule has 1 fully saturated rings. The van der Waals surface area contributed by atoms with Crippen LogP contribution in [0.2, 0.25) is 10.0 Å². The Hall–Kier alpha value is -2.10. The fraction of sp³-hybridized carbons (Fsp3) is 0.0588. The van der Waals surface area contributed by atoms with E-state index in [1.165, 1.54) is 0 Å². The first-order valence-corrected chi connectivity index (χ1v) is 7.39. The van der Waals surface area contributed by atoms with Crippen LogP contribution >= 0.6 is 23.2 Å². The maximum absolute atomic E-state index is 12.5. The number of imide groups is 1. The summed E-state index contributed by atoms with van der Waals surface area (Å²) in [6.45, 7) is 0. The van der Waals surface area contributed by atoms with E-state index in [0.717, 1.165) is 10.5 Å². The van der Waals surface area contributed by atoms with Crippen LogP contribution in [0.4, 0.5) is 5.69 Å². The molecule has 110 valence electrons. The zero-order chi connectivity index (χ0) is 15.7. The first-order chi connectivity index (χ1) is 10.5. The van der Waals surface area contributed by atoms with Gasteiger partial charge in [0.1, 0.15) is 0 Å². The molecule has 2 aromatic carbocycles. The zero-order valence-corrected chi connectivity index (χ0v) is 12.9. The lowest BCUT2D eigenvalue weighted by Crippen LogP contribution is -2.28. The van der Waals surface area contributed by atoms with Gasteiger partial charge in [0.05, 0.1) is 12.1 Å². The first kappa shape index (κ1) is 14.8. The summed E-state index contributed by atoms with van der Waals surface area (Å²) in [5.74, 6) is -0.590. The van der Waals surface area contributed by atoms with Crippen molar-refractivity contribution in [3.05, 3.63) is 69.7 Å². The van der Waals surface area contributed by atoms with Crippen molar-refractivity contribution in [2.24, 2.45) is 0 Å². The summed E-state index contributed by atoms with van der Waals surface area (Å²) in [5, 5.41) is 1.06. The van der Waals surface area contributed by atoms with Gasteiger partial charge in [0.25, 0.3) is 5.91 Å². The van der Waals surface area contributed by atoms with E-state index in [2.05, 4.69) is 0 Å². The molecule has 0 atom stereocenters. The fourth-order valence-corrected chi connectivity index (χ4v) is 2.74. The molecular weight excluding hydrogens is 321 g/mol. The summed E-state index contributed by atoms with van der Waals surface area (Å²) in [6.07, 6.45) is 1.76. The van der Waals surface area contributed by atoms with Crippen LogP contribution in [0, 0.1) is 0 Å². The third-order valence-corrected chi connectivity index (χ3v) is 3.80. The minimum Gasteiger partial charge on any atom is -0.274 e. The Morgan fingerprint density at radius 3 is 2.32 bits per heavy atom. The summed E-state index contributed by atoms with van der Waals surface area (Å²) >= 11 is 11.9. The predicted octanol–water partition coefficient (Wildman–Crippen LogP) is 4.34. The standard InChI is InChI=1S/C17H11Cl2NO2/c18-13-4-1-3-11(8-13)7-12-9-16(21)20(17(12)22)15-6-2-5-14(19)10-15/h1-8,10H,9H2/b12-7+. The highest BCUT2D eigenvalue weighted by Crippen LogP contribution is 2.29. The lowest BCUT2D eigenvalue weighted by Gasteiger charge is -2.13. The minimum atomic E-state index is -0.327. The molecule has 2 aromatic rings. The van der Waals surface area contributed by atoms with Gasteiger partial charge in [0.2, 0.25) is 5.91 Å². The molecule has 0 unspecified atom stereocenters. The molecule has 1 heterocycles. The second-order valence-electron chi connectivity index (χ2n) is 4.92. The van der Waals surface area contributed by atoms with E-state index < -0.39 is 0 Å². The fourth-order valence-electron chi connectivity index (χ4n) is 2.36. The van der Waals surface area contributed by atoms with Crippen LogP contribution in [0.3, 0.4) is 0 Å². The van der Waals surface area contributed by atoms with Gasteiger partial charge in [-0.1, -0.05) is 41.4 Å². The van der Waals surface area contributed by atoms with Crippen molar-refractivity contribution >= 4 is 46.8 Å². The predicted molar refractivity (Wildman–Crippen MR) is 88.0 cm³/mol. The monoisotopic (exact) mass is 331 g/mol. The molecule has 0 N–H and O–H groups in total. The highest BCUT2D eigenvalue weighted by atomic mass is 35.5. The number of carbonyl (C=O) groups excluding carboxylic acids is 2. The number of hydrogen-bond acceptors (Lipinski definition) is 2. The van der Waals surface area contributed by atoms with E-state index in [-0.39, 0.29) is 18.2 Å². The SMILES string of the molecule is O=C1C/C(=C\c2cccc(Cl)c2)C(=O)N1c1cccc(Cl)c1. The first-order valence-electron chi connectivity index (χ1n) is 6.63. The maximum Gasteiger partial charge on any atom is 0.261 e. The Balaban J connectivity index is 1.95. The molecule has 3 rings (SSSR count). The quantitative estimate of drug-likeness (QED) is 0.606. The Bertz CT molecular complexity index is 799. The number of benzene rings is 2. The zero-order valence-electron chi connectivity index (χ0n) is 11.4.